The summed E-state index contributed by atoms with van der Waals surface area (Å²) in [5, 5.41) is 2.67. The summed E-state index contributed by atoms with van der Waals surface area (Å²) in [5.41, 5.74) is 0.569. The Morgan fingerprint density at radius 1 is 1.20 bits per heavy atom. The highest BCUT2D eigenvalue weighted by Crippen LogP contribution is 2.33. The van der Waals surface area contributed by atoms with Gasteiger partial charge < -0.3 is 19.5 Å². The first-order chi connectivity index (χ1) is 14.0. The lowest BCUT2D eigenvalue weighted by molar-refractivity contribution is -0.130. The van der Waals surface area contributed by atoms with Crippen LogP contribution in [0.2, 0.25) is 0 Å². The number of rotatable bonds is 6. The molecule has 0 bridgehead atoms. The fraction of sp³-hybridized carbons (Fsp3) is 0.429. The van der Waals surface area contributed by atoms with Gasteiger partial charge in [-0.3, -0.25) is 14.5 Å². The summed E-state index contributed by atoms with van der Waals surface area (Å²) in [6.07, 6.45) is 0. The van der Waals surface area contributed by atoms with Crippen LogP contribution < -0.4 is 5.32 Å². The number of ether oxygens (including phenoxy) is 1. The molecule has 30 heavy (non-hydrogen) atoms. The van der Waals surface area contributed by atoms with Crippen molar-refractivity contribution >= 4 is 23.7 Å². The third kappa shape index (κ3) is 3.30. The molecule has 9 nitrogen and oxygen atoms in total. The minimum Gasteiger partial charge on any atom is -0.466 e. The van der Waals surface area contributed by atoms with E-state index in [2.05, 4.69) is 10.3 Å². The maximum absolute atomic E-state index is 13.1. The first-order valence-electron chi connectivity index (χ1n) is 9.62. The van der Waals surface area contributed by atoms with Gasteiger partial charge in [0.05, 0.1) is 13.2 Å². The zero-order chi connectivity index (χ0) is 22.4. The average molecular weight is 415 g/mol. The Hall–Kier alpha value is -3.36. The zero-order valence-electron chi connectivity index (χ0n) is 17.9. The number of hydrogen-bond donors (Lipinski definition) is 2. The molecule has 3 amide bonds. The number of nitrogens with zero attached hydrogens (tertiary/aromatic N) is 1. The Kier molecular flexibility index (Phi) is 5.32. The van der Waals surface area contributed by atoms with Crippen molar-refractivity contribution in [2.24, 2.45) is 0 Å². The van der Waals surface area contributed by atoms with Gasteiger partial charge in [0.25, 0.3) is 5.91 Å². The summed E-state index contributed by atoms with van der Waals surface area (Å²) in [6.45, 7) is 9.76. The minimum absolute atomic E-state index is 0.184. The lowest BCUT2D eigenvalue weighted by atomic mass is 9.92. The number of amides is 3. The van der Waals surface area contributed by atoms with Crippen LogP contribution >= 0.6 is 0 Å². The first kappa shape index (κ1) is 21.4. The van der Waals surface area contributed by atoms with E-state index in [0.29, 0.717) is 28.3 Å². The molecule has 1 fully saturated rings. The standard InChI is InChI=1S/C21H25N3O6/c1-7-29-18(26)17-11(3)16(12(4)22-17)15(25)9-24-19(27)21(6,23-20(24)28)14-8-10(2)30-13(14)5/h8,22H,7,9H2,1-6H3,(H,23,28). The number of ketones is 1. The normalized spacial score (nSPS) is 18.7. The summed E-state index contributed by atoms with van der Waals surface area (Å²) in [6, 6.07) is 1.04. The van der Waals surface area contributed by atoms with E-state index in [1.54, 1.807) is 47.6 Å². The Labute approximate surface area is 173 Å². The van der Waals surface area contributed by atoms with Crippen molar-refractivity contribution in [3.63, 3.8) is 0 Å². The van der Waals surface area contributed by atoms with E-state index >= 15 is 0 Å². The molecular weight excluding hydrogens is 390 g/mol. The summed E-state index contributed by atoms with van der Waals surface area (Å²) < 4.78 is 10.5. The van der Waals surface area contributed by atoms with Crippen LogP contribution in [0.3, 0.4) is 0 Å². The highest BCUT2D eigenvalue weighted by atomic mass is 16.5. The molecule has 1 aliphatic heterocycles. The molecule has 9 heteroatoms. The molecule has 1 atom stereocenters. The molecule has 1 saturated heterocycles. The van der Waals surface area contributed by atoms with E-state index in [9.17, 15) is 19.2 Å². The fourth-order valence-electron chi connectivity index (χ4n) is 3.95. The summed E-state index contributed by atoms with van der Waals surface area (Å²) >= 11 is 0. The second-order valence-corrected chi connectivity index (χ2v) is 7.54. The van der Waals surface area contributed by atoms with Gasteiger partial charge in [-0.25, -0.2) is 9.59 Å². The topological polar surface area (TPSA) is 122 Å². The van der Waals surface area contributed by atoms with E-state index in [-0.39, 0.29) is 17.9 Å². The van der Waals surface area contributed by atoms with E-state index in [1.807, 2.05) is 0 Å². The van der Waals surface area contributed by atoms with Crippen LogP contribution in [-0.4, -0.2) is 46.7 Å². The summed E-state index contributed by atoms with van der Waals surface area (Å²) in [4.78, 5) is 54.5. The van der Waals surface area contributed by atoms with Crippen LogP contribution in [0.5, 0.6) is 0 Å². The number of Topliss-reactive ketones (excluding diaryl/α,β-unsaturated/α-hetero) is 1. The van der Waals surface area contributed by atoms with Crippen molar-refractivity contribution in [3.05, 3.63) is 45.7 Å². The maximum atomic E-state index is 13.1. The lowest BCUT2D eigenvalue weighted by Gasteiger charge is -2.21. The SMILES string of the molecule is CCOC(=O)c1[nH]c(C)c(C(=O)CN2C(=O)NC(C)(c3cc(C)oc3C)C2=O)c1C. The van der Waals surface area contributed by atoms with Crippen LogP contribution in [0.15, 0.2) is 10.5 Å². The third-order valence-electron chi connectivity index (χ3n) is 5.35. The van der Waals surface area contributed by atoms with Crippen molar-refractivity contribution in [1.29, 1.82) is 0 Å². The fourth-order valence-corrected chi connectivity index (χ4v) is 3.95. The van der Waals surface area contributed by atoms with Gasteiger partial charge in [-0.1, -0.05) is 0 Å². The number of H-pyrrole nitrogens is 1. The van der Waals surface area contributed by atoms with Gasteiger partial charge in [0, 0.05) is 16.8 Å². The number of urea groups is 1. The van der Waals surface area contributed by atoms with Gasteiger partial charge in [-0.05, 0) is 53.2 Å². The molecule has 0 spiro atoms. The quantitative estimate of drug-likeness (QED) is 0.425. The van der Waals surface area contributed by atoms with Crippen molar-refractivity contribution < 1.29 is 28.3 Å². The molecule has 0 aliphatic carbocycles. The maximum Gasteiger partial charge on any atom is 0.355 e. The van der Waals surface area contributed by atoms with Gasteiger partial charge in [0.15, 0.2) is 5.78 Å². The van der Waals surface area contributed by atoms with E-state index in [4.69, 9.17) is 9.15 Å². The molecule has 3 rings (SSSR count). The van der Waals surface area contributed by atoms with Gasteiger partial charge in [-0.2, -0.15) is 0 Å². The highest BCUT2D eigenvalue weighted by molar-refractivity contribution is 6.12. The monoisotopic (exact) mass is 415 g/mol. The number of aromatic nitrogens is 1. The second kappa shape index (κ2) is 7.47. The minimum atomic E-state index is -1.32. The molecule has 1 aliphatic rings. The molecule has 2 aromatic heterocycles. The van der Waals surface area contributed by atoms with Gasteiger partial charge in [0.2, 0.25) is 0 Å². The number of nitrogens with one attached hydrogen (secondary N) is 2. The Balaban J connectivity index is 1.88. The third-order valence-corrected chi connectivity index (χ3v) is 5.35. The van der Waals surface area contributed by atoms with Crippen LogP contribution in [0, 0.1) is 27.7 Å². The van der Waals surface area contributed by atoms with Crippen LogP contribution in [-0.2, 0) is 15.1 Å². The zero-order valence-corrected chi connectivity index (χ0v) is 17.9. The molecule has 0 radical (unpaired) electrons. The number of carbonyl (C=O) groups is 4. The van der Waals surface area contributed by atoms with E-state index < -0.39 is 35.8 Å². The number of furan rings is 1. The predicted molar refractivity (Wildman–Crippen MR) is 106 cm³/mol. The van der Waals surface area contributed by atoms with Crippen molar-refractivity contribution in [2.75, 3.05) is 13.2 Å². The van der Waals surface area contributed by atoms with Gasteiger partial charge in [0.1, 0.15) is 22.8 Å². The second-order valence-electron chi connectivity index (χ2n) is 7.54. The first-order valence-corrected chi connectivity index (χ1v) is 9.62. The smallest absolute Gasteiger partial charge is 0.355 e. The predicted octanol–water partition coefficient (Wildman–Crippen LogP) is 2.67. The molecule has 1 unspecified atom stereocenters. The lowest BCUT2D eigenvalue weighted by Crippen LogP contribution is -2.41. The molecule has 2 aromatic rings. The van der Waals surface area contributed by atoms with Gasteiger partial charge >= 0.3 is 12.0 Å². The van der Waals surface area contributed by atoms with Crippen molar-refractivity contribution in [3.8, 4) is 0 Å². The largest absolute Gasteiger partial charge is 0.466 e. The summed E-state index contributed by atoms with van der Waals surface area (Å²) in [5.74, 6) is -0.421. The number of aromatic amines is 1. The van der Waals surface area contributed by atoms with Crippen molar-refractivity contribution in [1.82, 2.24) is 15.2 Å². The molecule has 3 heterocycles. The number of aryl methyl sites for hydroxylation is 3. The number of imide groups is 1. The molecule has 0 saturated carbocycles. The van der Waals surface area contributed by atoms with Crippen LogP contribution in [0.25, 0.3) is 0 Å². The molecule has 0 aromatic carbocycles. The number of hydrogen-bond acceptors (Lipinski definition) is 6. The Morgan fingerprint density at radius 2 is 1.87 bits per heavy atom. The summed E-state index contributed by atoms with van der Waals surface area (Å²) in [7, 11) is 0. The van der Waals surface area contributed by atoms with Crippen LogP contribution in [0.1, 0.15) is 63.0 Å². The molecule has 160 valence electrons. The highest BCUT2D eigenvalue weighted by Gasteiger charge is 2.51. The van der Waals surface area contributed by atoms with Crippen molar-refractivity contribution in [2.45, 2.75) is 47.1 Å². The van der Waals surface area contributed by atoms with Gasteiger partial charge in [-0.15, -0.1) is 0 Å². The molecule has 2 N–H and O–H groups in total. The van der Waals surface area contributed by atoms with E-state index in [0.717, 1.165) is 4.90 Å². The number of esters is 1. The average Bonchev–Trinajstić information content (AvgIpc) is 3.23. The number of carbonyl (C=O) groups excluding carboxylic acids is 4. The molecular formula is C21H25N3O6. The van der Waals surface area contributed by atoms with Crippen LogP contribution in [0.4, 0.5) is 4.79 Å². The Bertz CT molecular complexity index is 1060. The van der Waals surface area contributed by atoms with E-state index in [1.165, 1.54) is 0 Å². The Morgan fingerprint density at radius 3 is 2.43 bits per heavy atom.